The first-order valence-corrected chi connectivity index (χ1v) is 8.92. The highest BCUT2D eigenvalue weighted by molar-refractivity contribution is 5.78. The van der Waals surface area contributed by atoms with Gasteiger partial charge >= 0.3 is 0 Å². The predicted octanol–water partition coefficient (Wildman–Crippen LogP) is 0.341. The summed E-state index contributed by atoms with van der Waals surface area (Å²) >= 11 is 0. The van der Waals surface area contributed by atoms with Gasteiger partial charge in [-0.2, -0.15) is 0 Å². The van der Waals surface area contributed by atoms with Gasteiger partial charge in [0.1, 0.15) is 0 Å². The molecule has 2 aliphatic rings. The minimum atomic E-state index is 0.237. The Hall–Kier alpha value is -1.14. The van der Waals surface area contributed by atoms with Crippen molar-refractivity contribution >= 4 is 11.8 Å². The number of carbonyl (C=O) groups is 2. The average molecular weight is 324 g/mol. The number of amides is 2. The standard InChI is InChI=1S/C17H32N4O2/c1-4-16(22)20-7-5-15(6-8-20)13-19-9-11-21(12-10-19)17(23)14-18(2)3/h15H,4-14H2,1-3H3. The number of hydrogen-bond acceptors (Lipinski definition) is 4. The smallest absolute Gasteiger partial charge is 0.236 e. The van der Waals surface area contributed by atoms with Crippen LogP contribution in [-0.2, 0) is 9.59 Å². The second-order valence-corrected chi connectivity index (χ2v) is 7.10. The minimum Gasteiger partial charge on any atom is -0.343 e. The molecule has 0 saturated carbocycles. The zero-order valence-electron chi connectivity index (χ0n) is 15.0. The molecule has 0 N–H and O–H groups in total. The summed E-state index contributed by atoms with van der Waals surface area (Å²) in [6, 6.07) is 0. The van der Waals surface area contributed by atoms with Crippen molar-refractivity contribution in [2.24, 2.45) is 5.92 Å². The molecule has 2 heterocycles. The Labute approximate surface area is 140 Å². The van der Waals surface area contributed by atoms with Gasteiger partial charge in [-0.3, -0.25) is 14.5 Å². The summed E-state index contributed by atoms with van der Waals surface area (Å²) in [4.78, 5) is 32.2. The Bertz CT molecular complexity index is 397. The van der Waals surface area contributed by atoms with E-state index in [1.165, 1.54) is 0 Å². The molecule has 0 aromatic rings. The van der Waals surface area contributed by atoms with Crippen LogP contribution >= 0.6 is 0 Å². The molecular formula is C17H32N4O2. The molecule has 2 fully saturated rings. The topological polar surface area (TPSA) is 47.1 Å². The number of nitrogens with zero attached hydrogens (tertiary/aromatic N) is 4. The molecule has 0 aromatic carbocycles. The van der Waals surface area contributed by atoms with Crippen LogP contribution in [0.5, 0.6) is 0 Å². The molecule has 2 saturated heterocycles. The predicted molar refractivity (Wildman–Crippen MR) is 91.2 cm³/mol. The summed E-state index contributed by atoms with van der Waals surface area (Å²) in [7, 11) is 3.87. The molecule has 2 amide bonds. The molecule has 132 valence electrons. The van der Waals surface area contributed by atoms with Crippen LogP contribution in [0.3, 0.4) is 0 Å². The summed E-state index contributed by atoms with van der Waals surface area (Å²) in [5.41, 5.74) is 0. The van der Waals surface area contributed by atoms with Crippen molar-refractivity contribution in [3.05, 3.63) is 0 Å². The van der Waals surface area contributed by atoms with Gasteiger partial charge in [-0.1, -0.05) is 6.92 Å². The number of likely N-dealkylation sites (tertiary alicyclic amines) is 1. The molecule has 0 atom stereocenters. The van der Waals surface area contributed by atoms with Crippen LogP contribution < -0.4 is 0 Å². The average Bonchev–Trinajstić information content (AvgIpc) is 2.55. The van der Waals surface area contributed by atoms with Gasteiger partial charge in [0.2, 0.25) is 11.8 Å². The van der Waals surface area contributed by atoms with E-state index in [1.54, 1.807) is 0 Å². The molecule has 0 unspecified atom stereocenters. The van der Waals surface area contributed by atoms with Crippen LogP contribution in [0.15, 0.2) is 0 Å². The number of likely N-dealkylation sites (N-methyl/N-ethyl adjacent to an activating group) is 1. The van der Waals surface area contributed by atoms with Gasteiger partial charge in [-0.05, 0) is 32.9 Å². The van der Waals surface area contributed by atoms with Gasteiger partial charge in [0, 0.05) is 52.2 Å². The maximum absolute atomic E-state index is 12.1. The molecule has 23 heavy (non-hydrogen) atoms. The van der Waals surface area contributed by atoms with E-state index in [-0.39, 0.29) is 11.8 Å². The lowest BCUT2D eigenvalue weighted by molar-refractivity contribution is -0.133. The molecule has 6 nitrogen and oxygen atoms in total. The number of piperidine rings is 1. The van der Waals surface area contributed by atoms with E-state index in [2.05, 4.69) is 4.90 Å². The summed E-state index contributed by atoms with van der Waals surface area (Å²) in [6.07, 6.45) is 2.85. The molecule has 0 aliphatic carbocycles. The molecule has 0 bridgehead atoms. The first kappa shape index (κ1) is 18.2. The molecule has 2 rings (SSSR count). The van der Waals surface area contributed by atoms with Crippen LogP contribution in [0, 0.1) is 5.92 Å². The summed E-state index contributed by atoms with van der Waals surface area (Å²) in [6.45, 7) is 9.04. The Balaban J connectivity index is 1.67. The second-order valence-electron chi connectivity index (χ2n) is 7.10. The Morgan fingerprint density at radius 3 is 2.00 bits per heavy atom. The van der Waals surface area contributed by atoms with E-state index < -0.39 is 0 Å². The highest BCUT2D eigenvalue weighted by atomic mass is 16.2. The SMILES string of the molecule is CCC(=O)N1CCC(CN2CCN(C(=O)CN(C)C)CC2)CC1. The van der Waals surface area contributed by atoms with Gasteiger partial charge in [0.15, 0.2) is 0 Å². The number of rotatable bonds is 5. The maximum Gasteiger partial charge on any atom is 0.236 e. The number of hydrogen-bond donors (Lipinski definition) is 0. The third-order valence-electron chi connectivity index (χ3n) is 4.96. The third-order valence-corrected chi connectivity index (χ3v) is 4.96. The van der Waals surface area contributed by atoms with Crippen molar-refractivity contribution in [3.8, 4) is 0 Å². The van der Waals surface area contributed by atoms with Crippen molar-refractivity contribution in [1.29, 1.82) is 0 Å². The van der Waals surface area contributed by atoms with E-state index >= 15 is 0 Å². The summed E-state index contributed by atoms with van der Waals surface area (Å²) in [5.74, 6) is 1.22. The minimum absolute atomic E-state index is 0.237. The van der Waals surface area contributed by atoms with Crippen LogP contribution in [-0.4, -0.2) is 97.9 Å². The van der Waals surface area contributed by atoms with E-state index in [4.69, 9.17) is 0 Å². The van der Waals surface area contributed by atoms with E-state index in [0.29, 0.717) is 18.9 Å². The number of piperazine rings is 1. The van der Waals surface area contributed by atoms with Crippen LogP contribution in [0.2, 0.25) is 0 Å². The summed E-state index contributed by atoms with van der Waals surface area (Å²) in [5, 5.41) is 0. The van der Waals surface area contributed by atoms with Gasteiger partial charge in [0.25, 0.3) is 0 Å². The van der Waals surface area contributed by atoms with E-state index in [9.17, 15) is 9.59 Å². The van der Waals surface area contributed by atoms with Gasteiger partial charge < -0.3 is 14.7 Å². The largest absolute Gasteiger partial charge is 0.343 e. The van der Waals surface area contributed by atoms with Crippen molar-refractivity contribution in [3.63, 3.8) is 0 Å². The van der Waals surface area contributed by atoms with Crippen LogP contribution in [0.25, 0.3) is 0 Å². The highest BCUT2D eigenvalue weighted by Crippen LogP contribution is 2.19. The van der Waals surface area contributed by atoms with Crippen molar-refractivity contribution < 1.29 is 9.59 Å². The van der Waals surface area contributed by atoms with E-state index in [0.717, 1.165) is 58.7 Å². The lowest BCUT2D eigenvalue weighted by atomic mass is 9.95. The molecule has 0 spiro atoms. The molecular weight excluding hydrogens is 292 g/mol. The zero-order chi connectivity index (χ0) is 16.8. The Morgan fingerprint density at radius 2 is 1.48 bits per heavy atom. The third kappa shape index (κ3) is 5.46. The first-order valence-electron chi connectivity index (χ1n) is 8.92. The normalized spacial score (nSPS) is 21.0. The van der Waals surface area contributed by atoms with Crippen LogP contribution in [0.1, 0.15) is 26.2 Å². The van der Waals surface area contributed by atoms with Gasteiger partial charge in [0.05, 0.1) is 6.54 Å². The molecule has 0 aromatic heterocycles. The maximum atomic E-state index is 12.1. The molecule has 0 radical (unpaired) electrons. The van der Waals surface area contributed by atoms with Crippen molar-refractivity contribution in [1.82, 2.24) is 19.6 Å². The van der Waals surface area contributed by atoms with Gasteiger partial charge in [-0.15, -0.1) is 0 Å². The fourth-order valence-electron chi connectivity index (χ4n) is 3.50. The fraction of sp³-hybridized carbons (Fsp3) is 0.882. The lowest BCUT2D eigenvalue weighted by Crippen LogP contribution is -2.52. The molecule has 6 heteroatoms. The molecule has 2 aliphatic heterocycles. The van der Waals surface area contributed by atoms with Crippen molar-refractivity contribution in [2.45, 2.75) is 26.2 Å². The van der Waals surface area contributed by atoms with E-state index in [1.807, 2.05) is 35.7 Å². The van der Waals surface area contributed by atoms with Crippen LogP contribution in [0.4, 0.5) is 0 Å². The first-order chi connectivity index (χ1) is 11.0. The Morgan fingerprint density at radius 1 is 0.913 bits per heavy atom. The highest BCUT2D eigenvalue weighted by Gasteiger charge is 2.26. The quantitative estimate of drug-likeness (QED) is 0.732. The number of carbonyl (C=O) groups excluding carboxylic acids is 2. The zero-order valence-corrected chi connectivity index (χ0v) is 15.0. The fourth-order valence-corrected chi connectivity index (χ4v) is 3.50. The van der Waals surface area contributed by atoms with Crippen molar-refractivity contribution in [2.75, 3.05) is 66.5 Å². The van der Waals surface area contributed by atoms with Gasteiger partial charge in [-0.25, -0.2) is 0 Å². The lowest BCUT2D eigenvalue weighted by Gasteiger charge is -2.39. The Kier molecular flexibility index (Phi) is 6.84. The second kappa shape index (κ2) is 8.64. The summed E-state index contributed by atoms with van der Waals surface area (Å²) < 4.78 is 0. The monoisotopic (exact) mass is 324 g/mol.